The molecule has 0 saturated heterocycles. The highest BCUT2D eigenvalue weighted by atomic mass is 16.5. The van der Waals surface area contributed by atoms with E-state index in [1.165, 1.54) is 0 Å². The molecule has 1 aromatic heterocycles. The molecule has 0 spiro atoms. The van der Waals surface area contributed by atoms with Crippen LogP contribution in [-0.2, 0) is 11.3 Å². The van der Waals surface area contributed by atoms with Crippen LogP contribution in [0.3, 0.4) is 0 Å². The molecule has 0 aliphatic carbocycles. The average Bonchev–Trinajstić information content (AvgIpc) is 2.44. The number of nitrogens with one attached hydrogen (secondary N) is 1. The lowest BCUT2D eigenvalue weighted by Gasteiger charge is -2.10. The van der Waals surface area contributed by atoms with Crippen LogP contribution in [0.5, 0.6) is 0 Å². The van der Waals surface area contributed by atoms with Gasteiger partial charge in [0.1, 0.15) is 11.6 Å². The molecule has 4 heteroatoms. The molecule has 0 unspecified atom stereocenters. The van der Waals surface area contributed by atoms with Gasteiger partial charge in [0.15, 0.2) is 0 Å². The van der Waals surface area contributed by atoms with Crippen molar-refractivity contribution in [2.75, 3.05) is 0 Å². The largest absolute Gasteiger partial charge is 0.374 e. The van der Waals surface area contributed by atoms with Crippen molar-refractivity contribution in [3.8, 4) is 17.2 Å². The van der Waals surface area contributed by atoms with Crippen LogP contribution in [0.4, 0.5) is 0 Å². The molecule has 1 aromatic carbocycles. The summed E-state index contributed by atoms with van der Waals surface area (Å²) >= 11 is 0. The lowest BCUT2D eigenvalue weighted by molar-refractivity contribution is 0.0657. The quantitative estimate of drug-likeness (QED) is 0.936. The summed E-state index contributed by atoms with van der Waals surface area (Å²) in [5.74, 6) is 0. The lowest BCUT2D eigenvalue weighted by atomic mass is 9.99. The highest BCUT2D eigenvalue weighted by molar-refractivity contribution is 5.70. The van der Waals surface area contributed by atoms with Gasteiger partial charge in [-0.25, -0.2) is 0 Å². The minimum atomic E-state index is -0.351. The van der Waals surface area contributed by atoms with Crippen molar-refractivity contribution in [1.29, 1.82) is 5.26 Å². The molecule has 2 aromatic rings. The molecular weight excluding hydrogens is 264 g/mol. The molecular formula is C17H18N2O2. The topological polar surface area (TPSA) is 65.9 Å². The molecule has 0 radical (unpaired) electrons. The summed E-state index contributed by atoms with van der Waals surface area (Å²) in [5.41, 5.74) is 3.05. The second kappa shape index (κ2) is 6.38. The second-order valence-corrected chi connectivity index (χ2v) is 5.24. The number of aromatic nitrogens is 1. The fraction of sp³-hybridized carbons (Fsp3) is 0.294. The van der Waals surface area contributed by atoms with Gasteiger partial charge >= 0.3 is 0 Å². The first kappa shape index (κ1) is 15.0. The first-order chi connectivity index (χ1) is 10.0. The number of nitrogens with zero attached hydrogens (tertiary/aromatic N) is 1. The van der Waals surface area contributed by atoms with E-state index >= 15 is 0 Å². The molecule has 2 rings (SSSR count). The second-order valence-electron chi connectivity index (χ2n) is 5.24. The van der Waals surface area contributed by atoms with Gasteiger partial charge in [-0.1, -0.05) is 18.2 Å². The van der Waals surface area contributed by atoms with Crippen LogP contribution in [0.25, 0.3) is 11.1 Å². The fourth-order valence-corrected chi connectivity index (χ4v) is 2.12. The predicted molar refractivity (Wildman–Crippen MR) is 81.9 cm³/mol. The first-order valence-corrected chi connectivity index (χ1v) is 6.86. The number of benzene rings is 1. The molecule has 0 aliphatic rings. The third-order valence-corrected chi connectivity index (χ3v) is 3.10. The highest BCUT2D eigenvalue weighted by Crippen LogP contribution is 2.23. The van der Waals surface area contributed by atoms with Crippen molar-refractivity contribution in [2.45, 2.75) is 33.5 Å². The van der Waals surface area contributed by atoms with Crippen molar-refractivity contribution in [3.63, 3.8) is 0 Å². The summed E-state index contributed by atoms with van der Waals surface area (Å²) in [7, 11) is 0. The van der Waals surface area contributed by atoms with Gasteiger partial charge < -0.3 is 9.72 Å². The van der Waals surface area contributed by atoms with Gasteiger partial charge in [-0.05, 0) is 44.0 Å². The van der Waals surface area contributed by atoms with Gasteiger partial charge in [0.2, 0.25) is 0 Å². The van der Waals surface area contributed by atoms with Gasteiger partial charge in [0.05, 0.1) is 12.7 Å². The van der Waals surface area contributed by atoms with Crippen molar-refractivity contribution in [1.82, 2.24) is 4.98 Å². The number of hydrogen-bond donors (Lipinski definition) is 1. The zero-order valence-corrected chi connectivity index (χ0v) is 12.4. The number of nitriles is 1. The van der Waals surface area contributed by atoms with Gasteiger partial charge in [0.25, 0.3) is 5.56 Å². The van der Waals surface area contributed by atoms with Crippen LogP contribution in [0.2, 0.25) is 0 Å². The van der Waals surface area contributed by atoms with Crippen molar-refractivity contribution >= 4 is 0 Å². The minimum absolute atomic E-state index is 0.141. The predicted octanol–water partition coefficient (Wildman–Crippen LogP) is 3.15. The van der Waals surface area contributed by atoms with Crippen molar-refractivity contribution < 1.29 is 4.74 Å². The van der Waals surface area contributed by atoms with Crippen molar-refractivity contribution in [2.24, 2.45) is 0 Å². The summed E-state index contributed by atoms with van der Waals surface area (Å²) in [6.07, 6.45) is 0.158. The number of ether oxygens (including phenoxy) is 1. The van der Waals surface area contributed by atoms with E-state index < -0.39 is 0 Å². The number of pyridine rings is 1. The highest BCUT2D eigenvalue weighted by Gasteiger charge is 2.10. The van der Waals surface area contributed by atoms with Crippen LogP contribution >= 0.6 is 0 Å². The molecule has 0 amide bonds. The number of H-pyrrole nitrogens is 1. The fourth-order valence-electron chi connectivity index (χ4n) is 2.12. The Morgan fingerprint density at radius 3 is 2.76 bits per heavy atom. The van der Waals surface area contributed by atoms with Gasteiger partial charge in [-0.2, -0.15) is 5.26 Å². The van der Waals surface area contributed by atoms with E-state index in [-0.39, 0.29) is 17.2 Å². The Morgan fingerprint density at radius 2 is 2.10 bits per heavy atom. The van der Waals surface area contributed by atoms with E-state index in [1.807, 2.05) is 50.2 Å². The Bertz CT molecular complexity index is 739. The maximum Gasteiger partial charge on any atom is 0.266 e. The van der Waals surface area contributed by atoms with E-state index in [1.54, 1.807) is 6.92 Å². The first-order valence-electron chi connectivity index (χ1n) is 6.86. The third-order valence-electron chi connectivity index (χ3n) is 3.10. The van der Waals surface area contributed by atoms with Crippen LogP contribution < -0.4 is 5.56 Å². The van der Waals surface area contributed by atoms with Crippen LogP contribution in [0, 0.1) is 18.3 Å². The maximum absolute atomic E-state index is 11.9. The van der Waals surface area contributed by atoms with Gasteiger partial charge in [0, 0.05) is 11.3 Å². The van der Waals surface area contributed by atoms with Crippen LogP contribution in [0.15, 0.2) is 35.1 Å². The molecule has 0 atom stereocenters. The summed E-state index contributed by atoms with van der Waals surface area (Å²) in [6, 6.07) is 11.5. The van der Waals surface area contributed by atoms with Crippen LogP contribution in [0.1, 0.15) is 30.7 Å². The molecule has 21 heavy (non-hydrogen) atoms. The molecule has 0 saturated carbocycles. The molecule has 108 valence electrons. The Labute approximate surface area is 124 Å². The summed E-state index contributed by atoms with van der Waals surface area (Å²) in [6.45, 7) is 6.28. The molecule has 0 bridgehead atoms. The molecule has 0 fully saturated rings. The molecule has 1 N–H and O–H groups in total. The molecule has 0 aliphatic heterocycles. The SMILES string of the molecule is Cc1cc(-c2cccc(COC(C)C)c2)c(C#N)c(=O)[nH]1. The van der Waals surface area contributed by atoms with E-state index in [2.05, 4.69) is 4.98 Å². The van der Waals surface area contributed by atoms with E-state index in [0.29, 0.717) is 12.2 Å². The number of aromatic amines is 1. The summed E-state index contributed by atoms with van der Waals surface area (Å²) < 4.78 is 5.59. The zero-order chi connectivity index (χ0) is 15.4. The number of aryl methyl sites for hydroxylation is 1. The van der Waals surface area contributed by atoms with Crippen LogP contribution in [-0.4, -0.2) is 11.1 Å². The zero-order valence-electron chi connectivity index (χ0n) is 12.4. The monoisotopic (exact) mass is 282 g/mol. The summed E-state index contributed by atoms with van der Waals surface area (Å²) in [5, 5.41) is 9.20. The Balaban J connectivity index is 2.46. The Kier molecular flexibility index (Phi) is 4.56. The number of hydrogen-bond acceptors (Lipinski definition) is 3. The molecule has 4 nitrogen and oxygen atoms in total. The van der Waals surface area contributed by atoms with Gasteiger partial charge in [-0.15, -0.1) is 0 Å². The standard InChI is InChI=1S/C17H18N2O2/c1-11(2)21-10-13-5-4-6-14(8-13)15-7-12(3)19-17(20)16(15)9-18/h4-8,11H,10H2,1-3H3,(H,19,20). The van der Waals surface area contributed by atoms with E-state index in [9.17, 15) is 10.1 Å². The maximum atomic E-state index is 11.9. The third kappa shape index (κ3) is 3.59. The number of rotatable bonds is 4. The molecule has 1 heterocycles. The minimum Gasteiger partial charge on any atom is -0.374 e. The Hall–Kier alpha value is -2.38. The van der Waals surface area contributed by atoms with Crippen molar-refractivity contribution in [3.05, 3.63) is 57.5 Å². The average molecular weight is 282 g/mol. The van der Waals surface area contributed by atoms with E-state index in [0.717, 1.165) is 16.8 Å². The van der Waals surface area contributed by atoms with E-state index in [4.69, 9.17) is 4.74 Å². The normalized spacial score (nSPS) is 10.6. The summed E-state index contributed by atoms with van der Waals surface area (Å²) in [4.78, 5) is 14.5. The van der Waals surface area contributed by atoms with Gasteiger partial charge in [-0.3, -0.25) is 4.79 Å². The Morgan fingerprint density at radius 1 is 1.33 bits per heavy atom. The smallest absolute Gasteiger partial charge is 0.266 e. The lowest BCUT2D eigenvalue weighted by Crippen LogP contribution is -2.12.